The van der Waals surface area contributed by atoms with Crippen LogP contribution in [0, 0.1) is 6.92 Å². The van der Waals surface area contributed by atoms with Gasteiger partial charge in [0.2, 0.25) is 0 Å². The molecule has 0 radical (unpaired) electrons. The fraction of sp³-hybridized carbons (Fsp3) is 0.407. The Labute approximate surface area is 195 Å². The van der Waals surface area contributed by atoms with E-state index in [4.69, 9.17) is 9.47 Å². The molecule has 6 nitrogen and oxygen atoms in total. The van der Waals surface area contributed by atoms with Crippen molar-refractivity contribution >= 4 is 18.0 Å². The van der Waals surface area contributed by atoms with Crippen molar-refractivity contribution in [3.05, 3.63) is 52.2 Å². The molecule has 1 saturated heterocycles. The highest BCUT2D eigenvalue weighted by Crippen LogP contribution is 2.49. The van der Waals surface area contributed by atoms with Crippen LogP contribution in [0.5, 0.6) is 11.5 Å². The van der Waals surface area contributed by atoms with E-state index in [9.17, 15) is 9.59 Å². The van der Waals surface area contributed by atoms with E-state index in [0.29, 0.717) is 17.1 Å². The molecule has 2 aliphatic rings. The van der Waals surface area contributed by atoms with Crippen molar-refractivity contribution in [3.63, 3.8) is 0 Å². The van der Waals surface area contributed by atoms with Crippen molar-refractivity contribution in [1.82, 2.24) is 10.6 Å². The molecule has 2 aromatic carbocycles. The van der Waals surface area contributed by atoms with E-state index in [2.05, 4.69) is 57.4 Å². The minimum atomic E-state index is -0.533. The summed E-state index contributed by atoms with van der Waals surface area (Å²) in [5.41, 5.74) is 6.98. The molecule has 0 spiro atoms. The fourth-order valence-electron chi connectivity index (χ4n) is 4.90. The molecule has 0 bridgehead atoms. The number of imide groups is 1. The van der Waals surface area contributed by atoms with Gasteiger partial charge in [0.1, 0.15) is 17.2 Å². The van der Waals surface area contributed by atoms with Gasteiger partial charge in [0, 0.05) is 17.2 Å². The summed E-state index contributed by atoms with van der Waals surface area (Å²) in [6.07, 6.45) is 3.91. The quantitative estimate of drug-likeness (QED) is 0.497. The van der Waals surface area contributed by atoms with Gasteiger partial charge in [0.15, 0.2) is 0 Å². The Morgan fingerprint density at radius 3 is 1.97 bits per heavy atom. The number of urea groups is 1. The number of aryl methyl sites for hydroxylation is 1. The highest BCUT2D eigenvalue weighted by Gasteiger charge is 2.37. The molecule has 33 heavy (non-hydrogen) atoms. The van der Waals surface area contributed by atoms with Crippen LogP contribution in [0.25, 0.3) is 17.2 Å². The average molecular weight is 449 g/mol. The number of hydrogen-bond donors (Lipinski definition) is 2. The maximum absolute atomic E-state index is 12.1. The zero-order valence-corrected chi connectivity index (χ0v) is 20.4. The zero-order chi connectivity index (χ0) is 24.1. The van der Waals surface area contributed by atoms with E-state index in [1.54, 1.807) is 20.3 Å². The molecule has 2 N–H and O–H groups in total. The van der Waals surface area contributed by atoms with Gasteiger partial charge in [-0.3, -0.25) is 10.1 Å². The third-order valence-electron chi connectivity index (χ3n) is 7.06. The van der Waals surface area contributed by atoms with E-state index in [1.165, 1.54) is 11.1 Å². The second-order valence-electron chi connectivity index (χ2n) is 10.2. The van der Waals surface area contributed by atoms with Crippen LogP contribution in [0.4, 0.5) is 4.79 Å². The van der Waals surface area contributed by atoms with Gasteiger partial charge < -0.3 is 14.8 Å². The average Bonchev–Trinajstić information content (AvgIpc) is 3.07. The van der Waals surface area contributed by atoms with Crippen molar-refractivity contribution in [3.8, 4) is 22.6 Å². The lowest BCUT2D eigenvalue weighted by molar-refractivity contribution is -0.115. The summed E-state index contributed by atoms with van der Waals surface area (Å²) in [5.74, 6) is 0.771. The first-order valence-corrected chi connectivity index (χ1v) is 11.2. The molecule has 2 aromatic rings. The first-order chi connectivity index (χ1) is 15.5. The van der Waals surface area contributed by atoms with Crippen LogP contribution >= 0.6 is 0 Å². The van der Waals surface area contributed by atoms with Crippen molar-refractivity contribution in [2.75, 3.05) is 14.2 Å². The van der Waals surface area contributed by atoms with E-state index in [-0.39, 0.29) is 16.5 Å². The van der Waals surface area contributed by atoms with E-state index in [1.807, 2.05) is 12.1 Å². The molecule has 6 heteroatoms. The van der Waals surface area contributed by atoms with Crippen LogP contribution in [-0.4, -0.2) is 26.2 Å². The molecule has 174 valence electrons. The summed E-state index contributed by atoms with van der Waals surface area (Å²) in [5, 5.41) is 4.77. The van der Waals surface area contributed by atoms with Crippen molar-refractivity contribution in [2.45, 2.75) is 58.3 Å². The van der Waals surface area contributed by atoms with Gasteiger partial charge in [0.05, 0.1) is 14.2 Å². The van der Waals surface area contributed by atoms with Gasteiger partial charge in [-0.25, -0.2) is 4.79 Å². The minimum absolute atomic E-state index is 0.0734. The third kappa shape index (κ3) is 3.99. The number of rotatable bonds is 4. The summed E-state index contributed by atoms with van der Waals surface area (Å²) in [4.78, 5) is 23.6. The van der Waals surface area contributed by atoms with E-state index in [0.717, 1.165) is 29.5 Å². The monoisotopic (exact) mass is 448 g/mol. The number of carbonyl (C=O) groups is 2. The predicted octanol–water partition coefficient (Wildman–Crippen LogP) is 5.21. The topological polar surface area (TPSA) is 76.7 Å². The Balaban J connectivity index is 1.93. The van der Waals surface area contributed by atoms with Crippen LogP contribution in [0.1, 0.15) is 62.8 Å². The van der Waals surface area contributed by atoms with Crippen LogP contribution in [-0.2, 0) is 15.6 Å². The molecule has 1 heterocycles. The fourth-order valence-corrected chi connectivity index (χ4v) is 4.90. The van der Waals surface area contributed by atoms with Crippen molar-refractivity contribution < 1.29 is 19.1 Å². The van der Waals surface area contributed by atoms with Crippen LogP contribution < -0.4 is 20.1 Å². The molecule has 0 aromatic heterocycles. The second-order valence-corrected chi connectivity index (χ2v) is 10.2. The molecule has 0 unspecified atom stereocenters. The smallest absolute Gasteiger partial charge is 0.326 e. The molecular weight excluding hydrogens is 416 g/mol. The van der Waals surface area contributed by atoms with Gasteiger partial charge in [-0.05, 0) is 71.1 Å². The molecule has 0 atom stereocenters. The summed E-state index contributed by atoms with van der Waals surface area (Å²) in [6, 6.07) is 7.87. The number of carbonyl (C=O) groups excluding carboxylic acids is 2. The number of methoxy groups -OCH3 is 2. The number of benzene rings is 2. The van der Waals surface area contributed by atoms with Gasteiger partial charge >= 0.3 is 6.03 Å². The lowest BCUT2D eigenvalue weighted by Gasteiger charge is -2.42. The Morgan fingerprint density at radius 1 is 0.818 bits per heavy atom. The molecule has 3 amide bonds. The van der Waals surface area contributed by atoms with Crippen molar-refractivity contribution in [2.24, 2.45) is 0 Å². The van der Waals surface area contributed by atoms with E-state index >= 15 is 0 Å². The summed E-state index contributed by atoms with van der Waals surface area (Å²) in [7, 11) is 3.21. The lowest BCUT2D eigenvalue weighted by Crippen LogP contribution is -2.34. The number of ether oxygens (including phenoxy) is 2. The molecule has 4 rings (SSSR count). The van der Waals surface area contributed by atoms with Crippen LogP contribution in [0.3, 0.4) is 0 Å². The maximum Gasteiger partial charge on any atom is 0.326 e. The van der Waals surface area contributed by atoms with Gasteiger partial charge in [-0.15, -0.1) is 0 Å². The Kier molecular flexibility index (Phi) is 5.51. The number of fused-ring (bicyclic) bond motifs is 1. The SMILES string of the molecule is COc1cc(OC)c(-c2cc3c(cc2C)C(C)(C)CCC3(C)C)cc1C=C1NC(=O)NC1=O. The summed E-state index contributed by atoms with van der Waals surface area (Å²) in [6.45, 7) is 11.4. The molecule has 1 aliphatic heterocycles. The standard InChI is InChI=1S/C27H32N2O4/c1-15-10-19-20(27(4,5)9-8-26(19,2)3)13-17(15)18-11-16(22(32-6)14-23(18)33-7)12-21-24(30)29-25(31)28-21/h10-14H,8-9H2,1-7H3,(H2,28,29,30,31). The number of nitrogens with one attached hydrogen (secondary N) is 2. The molecular formula is C27H32N2O4. The normalized spacial score (nSPS) is 19.7. The highest BCUT2D eigenvalue weighted by atomic mass is 16.5. The van der Waals surface area contributed by atoms with Crippen LogP contribution in [0.15, 0.2) is 30.0 Å². The first kappa shape index (κ1) is 22.9. The summed E-state index contributed by atoms with van der Waals surface area (Å²) < 4.78 is 11.3. The first-order valence-electron chi connectivity index (χ1n) is 11.2. The Bertz CT molecular complexity index is 1190. The van der Waals surface area contributed by atoms with E-state index < -0.39 is 11.9 Å². The molecule has 1 fully saturated rings. The second kappa shape index (κ2) is 7.94. The van der Waals surface area contributed by atoms with Gasteiger partial charge in [-0.2, -0.15) is 0 Å². The lowest BCUT2D eigenvalue weighted by atomic mass is 9.62. The highest BCUT2D eigenvalue weighted by molar-refractivity contribution is 6.14. The van der Waals surface area contributed by atoms with Gasteiger partial charge in [-0.1, -0.05) is 33.8 Å². The van der Waals surface area contributed by atoms with Crippen molar-refractivity contribution in [1.29, 1.82) is 0 Å². The maximum atomic E-state index is 12.1. The largest absolute Gasteiger partial charge is 0.496 e. The molecule has 1 aliphatic carbocycles. The third-order valence-corrected chi connectivity index (χ3v) is 7.06. The number of amides is 3. The minimum Gasteiger partial charge on any atom is -0.496 e. The van der Waals surface area contributed by atoms with Crippen LogP contribution in [0.2, 0.25) is 0 Å². The Morgan fingerprint density at radius 2 is 1.42 bits per heavy atom. The summed E-state index contributed by atoms with van der Waals surface area (Å²) >= 11 is 0. The molecule has 0 saturated carbocycles. The predicted molar refractivity (Wildman–Crippen MR) is 130 cm³/mol. The zero-order valence-electron chi connectivity index (χ0n) is 20.4. The van der Waals surface area contributed by atoms with Gasteiger partial charge in [0.25, 0.3) is 5.91 Å². The number of hydrogen-bond acceptors (Lipinski definition) is 4. The Hall–Kier alpha value is -3.28.